The van der Waals surface area contributed by atoms with E-state index in [2.05, 4.69) is 20.9 Å². The number of alkyl halides is 1. The van der Waals surface area contributed by atoms with E-state index >= 15 is 0 Å². The van der Waals surface area contributed by atoms with Crippen LogP contribution in [0.5, 0.6) is 0 Å². The molecule has 3 N–H and O–H groups in total. The van der Waals surface area contributed by atoms with E-state index in [4.69, 9.17) is 0 Å². The van der Waals surface area contributed by atoms with Crippen LogP contribution < -0.4 is 0 Å². The molecule has 0 aliphatic rings. The maximum atomic E-state index is 9.91. The van der Waals surface area contributed by atoms with Gasteiger partial charge in [0.25, 0.3) is 0 Å². The van der Waals surface area contributed by atoms with Gasteiger partial charge in [0, 0.05) is 17.1 Å². The van der Waals surface area contributed by atoms with Crippen LogP contribution >= 0.6 is 15.9 Å². The van der Waals surface area contributed by atoms with E-state index in [0.717, 1.165) is 16.5 Å². The van der Waals surface area contributed by atoms with Gasteiger partial charge in [-0.15, -0.1) is 0 Å². The van der Waals surface area contributed by atoms with Crippen molar-refractivity contribution in [1.82, 2.24) is 4.98 Å². The average molecular weight is 270 g/mol. The number of halogens is 1. The molecule has 15 heavy (non-hydrogen) atoms. The zero-order valence-electron chi connectivity index (χ0n) is 8.02. The van der Waals surface area contributed by atoms with Gasteiger partial charge in [-0.3, -0.25) is 0 Å². The van der Waals surface area contributed by atoms with Crippen LogP contribution in [0.15, 0.2) is 30.5 Å². The zero-order valence-corrected chi connectivity index (χ0v) is 9.61. The second kappa shape index (κ2) is 4.35. The number of hydrogen-bond donors (Lipinski definition) is 3. The molecule has 2 unspecified atom stereocenters. The van der Waals surface area contributed by atoms with Crippen molar-refractivity contribution in [2.45, 2.75) is 12.2 Å². The Bertz CT molecular complexity index is 455. The average Bonchev–Trinajstić information content (AvgIpc) is 2.74. The SMILES string of the molecule is OC(CBr)C(O)c1cccc2cc[nH]c12. The Balaban J connectivity index is 2.46. The van der Waals surface area contributed by atoms with Gasteiger partial charge in [-0.05, 0) is 11.5 Å². The molecule has 0 aliphatic carbocycles. The van der Waals surface area contributed by atoms with Gasteiger partial charge in [0.1, 0.15) is 6.10 Å². The fraction of sp³-hybridized carbons (Fsp3) is 0.273. The monoisotopic (exact) mass is 269 g/mol. The minimum Gasteiger partial charge on any atom is -0.389 e. The Morgan fingerprint density at radius 1 is 1.27 bits per heavy atom. The third kappa shape index (κ3) is 1.93. The molecule has 2 aromatic rings. The quantitative estimate of drug-likeness (QED) is 0.747. The lowest BCUT2D eigenvalue weighted by Crippen LogP contribution is -2.19. The van der Waals surface area contributed by atoms with Gasteiger partial charge in [-0.2, -0.15) is 0 Å². The predicted octanol–water partition coefficient (Wildman–Crippen LogP) is 1.96. The van der Waals surface area contributed by atoms with Crippen molar-refractivity contribution >= 4 is 26.8 Å². The summed E-state index contributed by atoms with van der Waals surface area (Å²) >= 11 is 3.15. The van der Waals surface area contributed by atoms with Crippen molar-refractivity contribution in [2.24, 2.45) is 0 Å². The van der Waals surface area contributed by atoms with Gasteiger partial charge in [-0.1, -0.05) is 34.1 Å². The normalized spacial score (nSPS) is 15.4. The number of H-pyrrole nitrogens is 1. The summed E-state index contributed by atoms with van der Waals surface area (Å²) in [4.78, 5) is 3.06. The smallest absolute Gasteiger partial charge is 0.108 e. The van der Waals surface area contributed by atoms with Gasteiger partial charge >= 0.3 is 0 Å². The molecule has 3 nitrogen and oxygen atoms in total. The van der Waals surface area contributed by atoms with Crippen molar-refractivity contribution in [3.8, 4) is 0 Å². The number of aliphatic hydroxyl groups excluding tert-OH is 2. The third-order valence-corrected chi connectivity index (χ3v) is 3.12. The number of para-hydroxylation sites is 1. The molecule has 4 heteroatoms. The van der Waals surface area contributed by atoms with Gasteiger partial charge in [0.05, 0.1) is 11.6 Å². The number of aromatic nitrogens is 1. The lowest BCUT2D eigenvalue weighted by atomic mass is 10.0. The summed E-state index contributed by atoms with van der Waals surface area (Å²) in [5.74, 6) is 0. The largest absolute Gasteiger partial charge is 0.389 e. The van der Waals surface area contributed by atoms with E-state index in [1.807, 2.05) is 30.5 Å². The Kier molecular flexibility index (Phi) is 3.09. The van der Waals surface area contributed by atoms with Crippen LogP contribution in [-0.2, 0) is 0 Å². The topological polar surface area (TPSA) is 56.2 Å². The second-order valence-electron chi connectivity index (χ2n) is 3.46. The highest BCUT2D eigenvalue weighted by Gasteiger charge is 2.19. The van der Waals surface area contributed by atoms with Gasteiger partial charge < -0.3 is 15.2 Å². The van der Waals surface area contributed by atoms with Crippen molar-refractivity contribution in [3.05, 3.63) is 36.0 Å². The van der Waals surface area contributed by atoms with E-state index in [-0.39, 0.29) is 0 Å². The molecule has 2 atom stereocenters. The molecule has 2 rings (SSSR count). The first kappa shape index (κ1) is 10.7. The maximum Gasteiger partial charge on any atom is 0.108 e. The van der Waals surface area contributed by atoms with Gasteiger partial charge in [0.2, 0.25) is 0 Å². The van der Waals surface area contributed by atoms with E-state index in [1.54, 1.807) is 0 Å². The van der Waals surface area contributed by atoms with Crippen molar-refractivity contribution < 1.29 is 10.2 Å². The summed E-state index contributed by atoms with van der Waals surface area (Å²) in [6.07, 6.45) is 0.159. The molecule has 1 aromatic carbocycles. The van der Waals surface area contributed by atoms with Crippen LogP contribution in [-0.4, -0.2) is 26.6 Å². The minimum atomic E-state index is -0.869. The highest BCUT2D eigenvalue weighted by atomic mass is 79.9. The van der Waals surface area contributed by atoms with E-state index in [0.29, 0.717) is 5.33 Å². The molecule has 0 radical (unpaired) electrons. The van der Waals surface area contributed by atoms with Crippen LogP contribution in [0.25, 0.3) is 10.9 Å². The number of aromatic amines is 1. The molecule has 0 amide bonds. The summed E-state index contributed by atoms with van der Waals surface area (Å²) in [5.41, 5.74) is 1.61. The maximum absolute atomic E-state index is 9.91. The molecule has 0 spiro atoms. The Morgan fingerprint density at radius 3 is 2.80 bits per heavy atom. The van der Waals surface area contributed by atoms with Crippen LogP contribution in [0.4, 0.5) is 0 Å². The number of benzene rings is 1. The second-order valence-corrected chi connectivity index (χ2v) is 4.10. The third-order valence-electron chi connectivity index (χ3n) is 2.46. The highest BCUT2D eigenvalue weighted by molar-refractivity contribution is 9.09. The molecule has 80 valence electrons. The molecule has 0 aliphatic heterocycles. The molecule has 0 saturated carbocycles. The number of fused-ring (bicyclic) bond motifs is 1. The first-order chi connectivity index (χ1) is 7.24. The van der Waals surface area contributed by atoms with Gasteiger partial charge in [-0.25, -0.2) is 0 Å². The predicted molar refractivity (Wildman–Crippen MR) is 63.1 cm³/mol. The molecule has 1 aromatic heterocycles. The number of rotatable bonds is 3. The van der Waals surface area contributed by atoms with E-state index < -0.39 is 12.2 Å². The van der Waals surface area contributed by atoms with Gasteiger partial charge in [0.15, 0.2) is 0 Å². The molecule has 0 bridgehead atoms. The van der Waals surface area contributed by atoms with Crippen LogP contribution in [0, 0.1) is 0 Å². The zero-order chi connectivity index (χ0) is 10.8. The fourth-order valence-corrected chi connectivity index (χ4v) is 2.00. The Labute approximate surface area is 95.9 Å². The molecular formula is C11H12BrNO2. The van der Waals surface area contributed by atoms with Crippen LogP contribution in [0.2, 0.25) is 0 Å². The highest BCUT2D eigenvalue weighted by Crippen LogP contribution is 2.25. The first-order valence-corrected chi connectivity index (χ1v) is 5.84. The Morgan fingerprint density at radius 2 is 2.07 bits per heavy atom. The van der Waals surface area contributed by atoms with E-state index in [1.165, 1.54) is 0 Å². The minimum absolute atomic E-state index is 0.352. The van der Waals surface area contributed by atoms with Crippen LogP contribution in [0.3, 0.4) is 0 Å². The lowest BCUT2D eigenvalue weighted by Gasteiger charge is -2.16. The number of hydrogen-bond acceptors (Lipinski definition) is 2. The molecule has 0 fully saturated rings. The summed E-state index contributed by atoms with van der Waals surface area (Å²) in [6, 6.07) is 7.58. The summed E-state index contributed by atoms with van der Waals surface area (Å²) in [7, 11) is 0. The molecule has 0 saturated heterocycles. The number of aliphatic hydroxyl groups is 2. The number of nitrogens with one attached hydrogen (secondary N) is 1. The molecule has 1 heterocycles. The van der Waals surface area contributed by atoms with Crippen molar-refractivity contribution in [2.75, 3.05) is 5.33 Å². The van der Waals surface area contributed by atoms with Crippen LogP contribution in [0.1, 0.15) is 11.7 Å². The fourth-order valence-electron chi connectivity index (χ4n) is 1.65. The summed E-state index contributed by atoms with van der Waals surface area (Å²) < 4.78 is 0. The van der Waals surface area contributed by atoms with E-state index in [9.17, 15) is 10.2 Å². The summed E-state index contributed by atoms with van der Waals surface area (Å²) in [5, 5.41) is 20.9. The lowest BCUT2D eigenvalue weighted by molar-refractivity contribution is 0.0351. The van der Waals surface area contributed by atoms with Crippen molar-refractivity contribution in [3.63, 3.8) is 0 Å². The van der Waals surface area contributed by atoms with Crippen molar-refractivity contribution in [1.29, 1.82) is 0 Å². The Hall–Kier alpha value is -0.840. The summed E-state index contributed by atoms with van der Waals surface area (Å²) in [6.45, 7) is 0. The standard InChI is InChI=1S/C11H12BrNO2/c12-6-9(14)11(15)8-3-1-2-7-4-5-13-10(7)8/h1-5,9,11,13-15H,6H2. The molecular weight excluding hydrogens is 258 g/mol. The first-order valence-electron chi connectivity index (χ1n) is 4.72.